The quantitative estimate of drug-likeness (QED) is 0.657. The van der Waals surface area contributed by atoms with Crippen LogP contribution < -0.4 is 5.43 Å². The summed E-state index contributed by atoms with van der Waals surface area (Å²) >= 11 is 0. The van der Waals surface area contributed by atoms with Gasteiger partial charge in [-0.15, -0.1) is 0 Å². The monoisotopic (exact) mass is 294 g/mol. The number of amides is 1. The molecule has 0 spiro atoms. The molecule has 22 heavy (non-hydrogen) atoms. The lowest BCUT2D eigenvalue weighted by Crippen LogP contribution is -2.43. The second-order valence-electron chi connectivity index (χ2n) is 4.69. The van der Waals surface area contributed by atoms with Crippen LogP contribution in [-0.4, -0.2) is 17.2 Å². The molecule has 0 saturated heterocycles. The molecule has 0 heterocycles. The minimum Gasteiger partial charge on any atom is -0.372 e. The van der Waals surface area contributed by atoms with E-state index in [1.165, 1.54) is 6.21 Å². The van der Waals surface area contributed by atoms with E-state index in [4.69, 9.17) is 0 Å². The number of carbonyl (C=O) groups excluding carboxylic acids is 1. The molecule has 4 heteroatoms. The van der Waals surface area contributed by atoms with Crippen molar-refractivity contribution in [1.29, 1.82) is 0 Å². The summed E-state index contributed by atoms with van der Waals surface area (Å²) in [6.45, 7) is 1.85. The first-order valence-electron chi connectivity index (χ1n) is 6.97. The molecule has 2 N–H and O–H groups in total. The molecular formula is C18H18N2O2. The van der Waals surface area contributed by atoms with Crippen LogP contribution in [0, 0.1) is 0 Å². The second kappa shape index (κ2) is 7.33. The Hall–Kier alpha value is -2.72. The zero-order valence-corrected chi connectivity index (χ0v) is 12.3. The fourth-order valence-electron chi connectivity index (χ4n) is 2.09. The van der Waals surface area contributed by atoms with Crippen molar-refractivity contribution in [2.45, 2.75) is 12.5 Å². The first kappa shape index (κ1) is 15.7. The van der Waals surface area contributed by atoms with E-state index in [9.17, 15) is 9.90 Å². The number of allylic oxidation sites excluding steroid dienone is 2. The third-order valence-corrected chi connectivity index (χ3v) is 3.23. The Morgan fingerprint density at radius 2 is 1.55 bits per heavy atom. The molecule has 0 aromatic heterocycles. The fraction of sp³-hybridized carbons (Fsp3) is 0.111. The van der Waals surface area contributed by atoms with Crippen LogP contribution in [0.5, 0.6) is 0 Å². The first-order valence-corrected chi connectivity index (χ1v) is 6.97. The van der Waals surface area contributed by atoms with Crippen LogP contribution in [0.4, 0.5) is 0 Å². The molecule has 0 aliphatic heterocycles. The van der Waals surface area contributed by atoms with Gasteiger partial charge in [0.1, 0.15) is 0 Å². The van der Waals surface area contributed by atoms with E-state index in [2.05, 4.69) is 10.5 Å². The Morgan fingerprint density at radius 1 is 1.05 bits per heavy atom. The molecular weight excluding hydrogens is 276 g/mol. The van der Waals surface area contributed by atoms with Crippen molar-refractivity contribution in [3.05, 3.63) is 83.9 Å². The van der Waals surface area contributed by atoms with E-state index < -0.39 is 11.5 Å². The molecule has 0 unspecified atom stereocenters. The van der Waals surface area contributed by atoms with Gasteiger partial charge in [-0.05, 0) is 24.1 Å². The third kappa shape index (κ3) is 3.30. The summed E-state index contributed by atoms with van der Waals surface area (Å²) in [5, 5.41) is 14.9. The summed E-state index contributed by atoms with van der Waals surface area (Å²) in [7, 11) is 0. The first-order chi connectivity index (χ1) is 10.7. The number of aliphatic hydroxyl groups is 1. The van der Waals surface area contributed by atoms with Crippen molar-refractivity contribution in [3.8, 4) is 0 Å². The fourth-order valence-corrected chi connectivity index (χ4v) is 2.09. The maximum absolute atomic E-state index is 12.5. The number of nitrogens with zero attached hydrogens (tertiary/aromatic N) is 1. The summed E-state index contributed by atoms with van der Waals surface area (Å²) in [6.07, 6.45) is 4.93. The van der Waals surface area contributed by atoms with Crippen LogP contribution in [0.1, 0.15) is 18.1 Å². The van der Waals surface area contributed by atoms with Crippen LogP contribution in [-0.2, 0) is 10.4 Å². The van der Waals surface area contributed by atoms with Gasteiger partial charge in [0.25, 0.3) is 5.91 Å². The van der Waals surface area contributed by atoms with E-state index in [0.717, 1.165) is 0 Å². The normalized spacial score (nSPS) is 11.9. The van der Waals surface area contributed by atoms with Gasteiger partial charge < -0.3 is 5.11 Å². The highest BCUT2D eigenvalue weighted by Crippen LogP contribution is 2.29. The summed E-state index contributed by atoms with van der Waals surface area (Å²) in [5.41, 5.74) is 1.56. The van der Waals surface area contributed by atoms with Gasteiger partial charge in [-0.1, -0.05) is 66.7 Å². The molecule has 112 valence electrons. The minimum atomic E-state index is -1.80. The van der Waals surface area contributed by atoms with Crippen molar-refractivity contribution in [2.24, 2.45) is 5.10 Å². The van der Waals surface area contributed by atoms with Gasteiger partial charge in [0, 0.05) is 6.21 Å². The zero-order valence-electron chi connectivity index (χ0n) is 12.3. The maximum atomic E-state index is 12.5. The molecule has 0 aliphatic carbocycles. The summed E-state index contributed by atoms with van der Waals surface area (Å²) in [6, 6.07) is 17.6. The minimum absolute atomic E-state index is 0.486. The van der Waals surface area contributed by atoms with Crippen LogP contribution in [0.3, 0.4) is 0 Å². The van der Waals surface area contributed by atoms with Crippen LogP contribution in [0.15, 0.2) is 77.9 Å². The van der Waals surface area contributed by atoms with Gasteiger partial charge in [0.2, 0.25) is 0 Å². The molecule has 4 nitrogen and oxygen atoms in total. The molecule has 0 bridgehead atoms. The molecule has 2 rings (SSSR count). The third-order valence-electron chi connectivity index (χ3n) is 3.23. The Labute approximate surface area is 129 Å². The van der Waals surface area contributed by atoms with Crippen molar-refractivity contribution in [3.63, 3.8) is 0 Å². The highest BCUT2D eigenvalue weighted by Gasteiger charge is 2.39. The standard InChI is InChI=1S/C18H18N2O2/c1-2-3-14-19-20-17(21)18(22,15-10-6-4-7-11-15)16-12-8-5-9-13-16/h2-14,22H,1H3,(H,20,21). The average Bonchev–Trinajstić information content (AvgIpc) is 2.59. The Morgan fingerprint density at radius 3 is 2.00 bits per heavy atom. The molecule has 1 amide bonds. The summed E-state index contributed by atoms with van der Waals surface area (Å²) in [5.74, 6) is -0.606. The topological polar surface area (TPSA) is 61.7 Å². The zero-order chi connectivity index (χ0) is 15.8. The van der Waals surface area contributed by atoms with Gasteiger partial charge in [-0.25, -0.2) is 5.43 Å². The van der Waals surface area contributed by atoms with Gasteiger partial charge in [0.05, 0.1) is 0 Å². The summed E-state index contributed by atoms with van der Waals surface area (Å²) < 4.78 is 0. The Balaban J connectivity index is 2.40. The number of benzene rings is 2. The van der Waals surface area contributed by atoms with Crippen LogP contribution >= 0.6 is 0 Å². The predicted molar refractivity (Wildman–Crippen MR) is 87.3 cm³/mol. The number of hydrogen-bond acceptors (Lipinski definition) is 3. The van der Waals surface area contributed by atoms with Gasteiger partial charge >= 0.3 is 0 Å². The van der Waals surface area contributed by atoms with Crippen LogP contribution in [0.2, 0.25) is 0 Å². The molecule has 0 atom stereocenters. The number of rotatable bonds is 5. The molecule has 2 aromatic rings. The Kier molecular flexibility index (Phi) is 5.22. The highest BCUT2D eigenvalue weighted by molar-refractivity contribution is 5.90. The Bertz CT molecular complexity index is 625. The van der Waals surface area contributed by atoms with E-state index >= 15 is 0 Å². The van der Waals surface area contributed by atoms with Crippen molar-refractivity contribution >= 4 is 12.1 Å². The molecule has 0 aliphatic rings. The number of nitrogens with one attached hydrogen (secondary N) is 1. The van der Waals surface area contributed by atoms with Crippen molar-refractivity contribution < 1.29 is 9.90 Å². The molecule has 0 radical (unpaired) electrons. The SMILES string of the molecule is CC=CC=NNC(=O)C(O)(c1ccccc1)c1ccccc1. The van der Waals surface area contributed by atoms with E-state index in [1.54, 1.807) is 60.7 Å². The number of carbonyl (C=O) groups is 1. The summed E-state index contributed by atoms with van der Waals surface area (Å²) in [4.78, 5) is 12.5. The molecule has 0 fully saturated rings. The molecule has 2 aromatic carbocycles. The highest BCUT2D eigenvalue weighted by atomic mass is 16.3. The van der Waals surface area contributed by atoms with E-state index in [0.29, 0.717) is 11.1 Å². The predicted octanol–water partition coefficient (Wildman–Crippen LogP) is 2.60. The van der Waals surface area contributed by atoms with Gasteiger partial charge in [0.15, 0.2) is 5.60 Å². The van der Waals surface area contributed by atoms with Gasteiger partial charge in [-0.2, -0.15) is 5.10 Å². The maximum Gasteiger partial charge on any atom is 0.281 e. The smallest absolute Gasteiger partial charge is 0.281 e. The largest absolute Gasteiger partial charge is 0.372 e. The van der Waals surface area contributed by atoms with Crippen molar-refractivity contribution in [1.82, 2.24) is 5.43 Å². The average molecular weight is 294 g/mol. The lowest BCUT2D eigenvalue weighted by atomic mass is 9.85. The molecule has 0 saturated carbocycles. The second-order valence-corrected chi connectivity index (χ2v) is 4.69. The van der Waals surface area contributed by atoms with E-state index in [-0.39, 0.29) is 0 Å². The van der Waals surface area contributed by atoms with Crippen LogP contribution in [0.25, 0.3) is 0 Å². The number of hydrazone groups is 1. The van der Waals surface area contributed by atoms with Crippen molar-refractivity contribution in [2.75, 3.05) is 0 Å². The lowest BCUT2D eigenvalue weighted by Gasteiger charge is -2.26. The van der Waals surface area contributed by atoms with E-state index in [1.807, 2.05) is 19.1 Å². The lowest BCUT2D eigenvalue weighted by molar-refractivity contribution is -0.136. The number of hydrogen-bond donors (Lipinski definition) is 2. The van der Waals surface area contributed by atoms with Gasteiger partial charge in [-0.3, -0.25) is 4.79 Å².